The quantitative estimate of drug-likeness (QED) is 0.554. The predicted molar refractivity (Wildman–Crippen MR) is 136 cm³/mol. The van der Waals surface area contributed by atoms with Gasteiger partial charge in [-0.3, -0.25) is 9.80 Å². The fraction of sp³-hybridized carbons (Fsp3) is 0.407. The molecule has 0 aliphatic carbocycles. The molecule has 6 bridgehead atoms. The van der Waals surface area contributed by atoms with Crippen molar-refractivity contribution in [3.05, 3.63) is 66.1 Å². The van der Waals surface area contributed by atoms with Crippen LogP contribution in [-0.2, 0) is 17.9 Å². The summed E-state index contributed by atoms with van der Waals surface area (Å²) in [5.41, 5.74) is 2.76. The zero-order valence-corrected chi connectivity index (χ0v) is 20.3. The van der Waals surface area contributed by atoms with Crippen LogP contribution >= 0.6 is 0 Å². The molecule has 1 N–H and O–H groups in total. The average Bonchev–Trinajstić information content (AvgIpc) is 3.55. The largest absolute Gasteiger partial charge is 0.492 e. The topological polar surface area (TPSA) is 75.9 Å². The van der Waals surface area contributed by atoms with Crippen LogP contribution in [0.4, 0.5) is 11.6 Å². The number of likely N-dealkylation sites (N-methyl/N-ethyl adjacent to an activating group) is 1. The third kappa shape index (κ3) is 6.48. The number of nitrogens with zero attached hydrogens (tertiary/aromatic N) is 4. The predicted octanol–water partition coefficient (Wildman–Crippen LogP) is 4.47. The van der Waals surface area contributed by atoms with Gasteiger partial charge in [0.15, 0.2) is 5.76 Å². The molecule has 1 aromatic carbocycles. The number of anilines is 2. The van der Waals surface area contributed by atoms with Gasteiger partial charge in [0.2, 0.25) is 5.95 Å². The molecule has 4 heterocycles. The van der Waals surface area contributed by atoms with Crippen molar-refractivity contribution in [3.8, 4) is 17.2 Å². The van der Waals surface area contributed by atoms with E-state index in [0.717, 1.165) is 48.1 Å². The fourth-order valence-corrected chi connectivity index (χ4v) is 4.40. The van der Waals surface area contributed by atoms with E-state index in [2.05, 4.69) is 44.3 Å². The molecule has 2 aliphatic rings. The lowest BCUT2D eigenvalue weighted by molar-refractivity contribution is 0.132. The van der Waals surface area contributed by atoms with Gasteiger partial charge in [-0.25, -0.2) is 9.97 Å². The molecule has 0 unspecified atom stereocenters. The van der Waals surface area contributed by atoms with Crippen molar-refractivity contribution in [1.82, 2.24) is 19.8 Å². The van der Waals surface area contributed by atoms with Gasteiger partial charge in [-0.15, -0.1) is 0 Å². The summed E-state index contributed by atoms with van der Waals surface area (Å²) in [6.07, 6.45) is 8.49. The maximum Gasteiger partial charge on any atom is 0.227 e. The molecule has 1 saturated heterocycles. The first-order chi connectivity index (χ1) is 17.2. The molecule has 0 atom stereocenters. The van der Waals surface area contributed by atoms with Crippen LogP contribution in [0, 0.1) is 0 Å². The van der Waals surface area contributed by atoms with Gasteiger partial charge in [-0.05, 0) is 69.4 Å². The molecule has 184 valence electrons. The minimum Gasteiger partial charge on any atom is -0.492 e. The Bertz CT molecular complexity index is 1140. The summed E-state index contributed by atoms with van der Waals surface area (Å²) >= 11 is 0. The third-order valence-electron chi connectivity index (χ3n) is 6.23. The second-order valence-electron chi connectivity index (χ2n) is 9.06. The summed E-state index contributed by atoms with van der Waals surface area (Å²) in [7, 11) is 2.11. The fourth-order valence-electron chi connectivity index (χ4n) is 4.40. The van der Waals surface area contributed by atoms with E-state index in [9.17, 15) is 0 Å². The van der Waals surface area contributed by atoms with Crippen LogP contribution in [-0.4, -0.2) is 66.2 Å². The van der Waals surface area contributed by atoms with E-state index in [4.69, 9.17) is 13.9 Å². The van der Waals surface area contributed by atoms with Crippen molar-refractivity contribution in [2.75, 3.05) is 51.8 Å². The standard InChI is InChI=1S/C27H33N5O3/c1-31-12-4-5-16-33-20-23-7-9-26(35-23)24-10-11-28-27(30-24)29-22-6-8-25(21(18-22)19-31)34-17-15-32-13-2-3-14-32/h4-11,18H,2-3,12-17,19-20H2,1H3,(H,28,29,30)/b5-4-. The Balaban J connectivity index is 1.38. The van der Waals surface area contributed by atoms with Crippen LogP contribution in [0.2, 0.25) is 0 Å². The van der Waals surface area contributed by atoms with Crippen molar-refractivity contribution in [2.24, 2.45) is 0 Å². The van der Waals surface area contributed by atoms with E-state index >= 15 is 0 Å². The number of rotatable bonds is 4. The van der Waals surface area contributed by atoms with Crippen molar-refractivity contribution in [1.29, 1.82) is 0 Å². The lowest BCUT2D eigenvalue weighted by Gasteiger charge is -2.20. The smallest absolute Gasteiger partial charge is 0.227 e. The number of nitrogens with one attached hydrogen (secondary N) is 1. The molecule has 2 aliphatic heterocycles. The van der Waals surface area contributed by atoms with Gasteiger partial charge in [0, 0.05) is 37.1 Å². The van der Waals surface area contributed by atoms with E-state index in [-0.39, 0.29) is 0 Å². The second kappa shape index (κ2) is 11.5. The maximum atomic E-state index is 6.24. The van der Waals surface area contributed by atoms with Crippen LogP contribution in [0.1, 0.15) is 24.2 Å². The first-order valence-electron chi connectivity index (χ1n) is 12.3. The highest BCUT2D eigenvalue weighted by molar-refractivity contribution is 5.60. The van der Waals surface area contributed by atoms with Crippen LogP contribution in [0.25, 0.3) is 11.5 Å². The minimum absolute atomic E-state index is 0.416. The SMILES string of the molecule is CN1C/C=C\COCc2ccc(o2)-c2ccnc(n2)Nc2ccc(OCCN3CCCC3)c(c2)C1. The Labute approximate surface area is 206 Å². The summed E-state index contributed by atoms with van der Waals surface area (Å²) in [6, 6.07) is 11.9. The number of hydrogen-bond acceptors (Lipinski definition) is 8. The van der Waals surface area contributed by atoms with E-state index in [0.29, 0.717) is 31.5 Å². The zero-order valence-electron chi connectivity index (χ0n) is 20.3. The van der Waals surface area contributed by atoms with Crippen molar-refractivity contribution < 1.29 is 13.9 Å². The number of hydrogen-bond donors (Lipinski definition) is 1. The van der Waals surface area contributed by atoms with E-state index < -0.39 is 0 Å². The number of likely N-dealkylation sites (tertiary alicyclic amines) is 1. The summed E-state index contributed by atoms with van der Waals surface area (Å²) in [5, 5.41) is 3.35. The molecule has 35 heavy (non-hydrogen) atoms. The van der Waals surface area contributed by atoms with Crippen molar-refractivity contribution >= 4 is 11.6 Å². The highest BCUT2D eigenvalue weighted by Gasteiger charge is 2.14. The summed E-state index contributed by atoms with van der Waals surface area (Å²) in [6.45, 7) is 6.53. The summed E-state index contributed by atoms with van der Waals surface area (Å²) in [4.78, 5) is 13.8. The Morgan fingerprint density at radius 1 is 1.09 bits per heavy atom. The molecule has 1 fully saturated rings. The monoisotopic (exact) mass is 475 g/mol. The molecular formula is C27H33N5O3. The number of benzene rings is 1. The van der Waals surface area contributed by atoms with Gasteiger partial charge in [-0.1, -0.05) is 12.2 Å². The molecular weight excluding hydrogens is 442 g/mol. The third-order valence-corrected chi connectivity index (χ3v) is 6.23. The number of fused-ring (bicyclic) bond motifs is 7. The van der Waals surface area contributed by atoms with Gasteiger partial charge >= 0.3 is 0 Å². The van der Waals surface area contributed by atoms with E-state index in [1.165, 1.54) is 25.9 Å². The zero-order chi connectivity index (χ0) is 23.9. The average molecular weight is 476 g/mol. The van der Waals surface area contributed by atoms with Crippen LogP contribution < -0.4 is 10.1 Å². The number of aromatic nitrogens is 2. The van der Waals surface area contributed by atoms with Crippen LogP contribution in [0.3, 0.4) is 0 Å². The Morgan fingerprint density at radius 2 is 2.00 bits per heavy atom. The first kappa shape index (κ1) is 23.5. The highest BCUT2D eigenvalue weighted by atomic mass is 16.5. The number of furan rings is 1. The molecule has 3 aromatic rings. The van der Waals surface area contributed by atoms with Gasteiger partial charge in [0.1, 0.15) is 30.4 Å². The minimum atomic E-state index is 0.416. The molecule has 2 aromatic heterocycles. The van der Waals surface area contributed by atoms with E-state index in [1.54, 1.807) is 6.20 Å². The summed E-state index contributed by atoms with van der Waals surface area (Å²) in [5.74, 6) is 2.89. The molecule has 0 radical (unpaired) electrons. The van der Waals surface area contributed by atoms with Crippen molar-refractivity contribution in [2.45, 2.75) is 26.0 Å². The first-order valence-corrected chi connectivity index (χ1v) is 12.3. The summed E-state index contributed by atoms with van der Waals surface area (Å²) < 4.78 is 17.9. The van der Waals surface area contributed by atoms with Crippen LogP contribution in [0.5, 0.6) is 5.75 Å². The molecule has 0 saturated carbocycles. The molecule has 8 heteroatoms. The van der Waals surface area contributed by atoms with E-state index in [1.807, 2.05) is 36.4 Å². The number of ether oxygens (including phenoxy) is 2. The Morgan fingerprint density at radius 3 is 2.91 bits per heavy atom. The molecule has 5 rings (SSSR count). The van der Waals surface area contributed by atoms with Crippen molar-refractivity contribution in [3.63, 3.8) is 0 Å². The van der Waals surface area contributed by atoms with Gasteiger partial charge in [0.05, 0.1) is 6.61 Å². The maximum absolute atomic E-state index is 6.24. The molecule has 0 amide bonds. The highest BCUT2D eigenvalue weighted by Crippen LogP contribution is 2.27. The van der Waals surface area contributed by atoms with Gasteiger partial charge in [-0.2, -0.15) is 0 Å². The second-order valence-corrected chi connectivity index (χ2v) is 9.06. The lowest BCUT2D eigenvalue weighted by atomic mass is 10.1. The lowest BCUT2D eigenvalue weighted by Crippen LogP contribution is -2.25. The normalized spacial score (nSPS) is 18.4. The van der Waals surface area contributed by atoms with Gasteiger partial charge < -0.3 is 19.2 Å². The Kier molecular flexibility index (Phi) is 7.72. The Hall–Kier alpha value is -3.20. The molecule has 8 nitrogen and oxygen atoms in total. The van der Waals surface area contributed by atoms with Crippen LogP contribution in [0.15, 0.2) is 59.2 Å². The molecule has 0 spiro atoms. The van der Waals surface area contributed by atoms with Gasteiger partial charge in [0.25, 0.3) is 0 Å².